The molecule has 4 fully saturated rings. The van der Waals surface area contributed by atoms with Crippen LogP contribution >= 0.6 is 0 Å². The van der Waals surface area contributed by atoms with E-state index >= 15 is 0 Å². The Kier molecular flexibility index (Phi) is 5.38. The molecule has 0 saturated heterocycles. The van der Waals surface area contributed by atoms with Crippen LogP contribution in [0.3, 0.4) is 0 Å². The van der Waals surface area contributed by atoms with Gasteiger partial charge in [0, 0.05) is 0 Å². The Balaban J connectivity index is 1.60. The predicted octanol–water partition coefficient (Wildman–Crippen LogP) is 7.32. The van der Waals surface area contributed by atoms with E-state index in [1.54, 1.807) is 12.7 Å². The fourth-order valence-electron chi connectivity index (χ4n) is 10.8. The molecule has 0 aliphatic heterocycles. The fraction of sp³-hybridized carbons (Fsp3) is 0.903. The van der Waals surface area contributed by atoms with Crippen molar-refractivity contribution in [1.82, 2.24) is 0 Å². The summed E-state index contributed by atoms with van der Waals surface area (Å²) in [7, 11) is 1.59. The van der Waals surface area contributed by atoms with Crippen molar-refractivity contribution in [3.8, 4) is 0 Å². The molecule has 0 unspecified atom stereocenters. The van der Waals surface area contributed by atoms with Gasteiger partial charge in [-0.1, -0.05) is 60.1 Å². The zero-order chi connectivity index (χ0) is 24.9. The zero-order valence-corrected chi connectivity index (χ0v) is 23.2. The molecule has 5 rings (SSSR count). The van der Waals surface area contributed by atoms with E-state index in [1.165, 1.54) is 12.8 Å². The quantitative estimate of drug-likeness (QED) is 0.322. The van der Waals surface area contributed by atoms with E-state index in [-0.39, 0.29) is 44.6 Å². The fourth-order valence-corrected chi connectivity index (χ4v) is 10.8. The highest BCUT2D eigenvalue weighted by Gasteiger charge is 2.69. The van der Waals surface area contributed by atoms with E-state index in [0.29, 0.717) is 17.8 Å². The minimum absolute atomic E-state index is 0.0147. The maximum absolute atomic E-state index is 13.3. The van der Waals surface area contributed by atoms with Gasteiger partial charge in [-0.3, -0.25) is 4.79 Å². The number of esters is 1. The summed E-state index contributed by atoms with van der Waals surface area (Å²) in [5.41, 5.74) is 2.18. The van der Waals surface area contributed by atoms with Gasteiger partial charge in [-0.05, 0) is 109 Å². The number of aliphatic hydroxyl groups is 1. The number of allylic oxidation sites excluding steroid dienone is 2. The highest BCUT2D eigenvalue weighted by molar-refractivity contribution is 5.78. The van der Waals surface area contributed by atoms with E-state index in [9.17, 15) is 9.90 Å². The van der Waals surface area contributed by atoms with Gasteiger partial charge in [-0.15, -0.1) is 0 Å². The van der Waals surface area contributed by atoms with Crippen LogP contribution in [0.4, 0.5) is 0 Å². The van der Waals surface area contributed by atoms with Crippen molar-refractivity contribution in [2.45, 2.75) is 119 Å². The summed E-state index contributed by atoms with van der Waals surface area (Å²) in [4.78, 5) is 13.3. The Bertz CT molecular complexity index is 900. The molecule has 5 aliphatic carbocycles. The van der Waals surface area contributed by atoms with Crippen LogP contribution in [0.1, 0.15) is 113 Å². The summed E-state index contributed by atoms with van der Waals surface area (Å²) in [5.74, 6) is 1.57. The van der Waals surface area contributed by atoms with Crippen LogP contribution in [-0.4, -0.2) is 24.3 Å². The number of hydrogen-bond donors (Lipinski definition) is 1. The Hall–Kier alpha value is -0.830. The van der Waals surface area contributed by atoms with Gasteiger partial charge in [0.25, 0.3) is 0 Å². The van der Waals surface area contributed by atoms with Crippen LogP contribution in [-0.2, 0) is 9.53 Å². The van der Waals surface area contributed by atoms with Gasteiger partial charge in [0.1, 0.15) is 0 Å². The lowest BCUT2D eigenvalue weighted by molar-refractivity contribution is -0.206. The van der Waals surface area contributed by atoms with Crippen molar-refractivity contribution < 1.29 is 14.6 Å². The number of carbonyl (C=O) groups excluding carboxylic acids is 1. The van der Waals surface area contributed by atoms with Crippen LogP contribution in [0.25, 0.3) is 0 Å². The SMILES string of the molecule is COC(=O)[C@]12CCC(C)(C)C[C@@H]1C1=CC[C@@H]3[C@@]4(C)CC[C@H](O)C(C)(C)[C@@H]4CC[C@@]3(C)[C@]1(C)CC2. The maximum atomic E-state index is 13.3. The molecule has 8 atom stereocenters. The third-order valence-corrected chi connectivity index (χ3v) is 13.2. The van der Waals surface area contributed by atoms with Crippen molar-refractivity contribution in [2.75, 3.05) is 7.11 Å². The smallest absolute Gasteiger partial charge is 0.312 e. The van der Waals surface area contributed by atoms with Crippen molar-refractivity contribution in [3.63, 3.8) is 0 Å². The molecular formula is C31H50O3. The molecule has 0 aromatic carbocycles. The maximum Gasteiger partial charge on any atom is 0.312 e. The van der Waals surface area contributed by atoms with Crippen LogP contribution in [0.5, 0.6) is 0 Å². The Morgan fingerprint density at radius 1 is 0.912 bits per heavy atom. The topological polar surface area (TPSA) is 46.5 Å². The summed E-state index contributed by atoms with van der Waals surface area (Å²) in [6.45, 7) is 17.2. The molecule has 1 N–H and O–H groups in total. The van der Waals surface area contributed by atoms with Gasteiger partial charge >= 0.3 is 5.97 Å². The normalized spacial score (nSPS) is 51.1. The number of aliphatic hydroxyl groups excluding tert-OH is 1. The number of methoxy groups -OCH3 is 1. The summed E-state index contributed by atoms with van der Waals surface area (Å²) in [6, 6.07) is 0. The molecule has 5 aliphatic rings. The predicted molar refractivity (Wildman–Crippen MR) is 137 cm³/mol. The minimum atomic E-state index is -0.323. The lowest BCUT2D eigenvalue weighted by atomic mass is 9.33. The van der Waals surface area contributed by atoms with Gasteiger partial charge in [-0.25, -0.2) is 0 Å². The highest BCUT2D eigenvalue weighted by Crippen LogP contribution is 2.75. The van der Waals surface area contributed by atoms with E-state index in [2.05, 4.69) is 54.5 Å². The lowest BCUT2D eigenvalue weighted by Crippen LogP contribution is -2.65. The zero-order valence-electron chi connectivity index (χ0n) is 23.2. The van der Waals surface area contributed by atoms with E-state index < -0.39 is 0 Å². The second-order valence-electron chi connectivity index (χ2n) is 15.2. The molecule has 0 spiro atoms. The molecule has 0 aromatic rings. The second kappa shape index (κ2) is 7.36. The Morgan fingerprint density at radius 2 is 1.59 bits per heavy atom. The van der Waals surface area contributed by atoms with Crippen LogP contribution in [0.15, 0.2) is 11.6 Å². The molecule has 0 bridgehead atoms. The molecule has 4 saturated carbocycles. The Morgan fingerprint density at radius 3 is 2.26 bits per heavy atom. The van der Waals surface area contributed by atoms with E-state index in [4.69, 9.17) is 4.74 Å². The van der Waals surface area contributed by atoms with Crippen LogP contribution < -0.4 is 0 Å². The highest BCUT2D eigenvalue weighted by atomic mass is 16.5. The average molecular weight is 471 g/mol. The van der Waals surface area contributed by atoms with Gasteiger partial charge in [-0.2, -0.15) is 0 Å². The summed E-state index contributed by atoms with van der Waals surface area (Å²) < 4.78 is 5.49. The molecular weight excluding hydrogens is 420 g/mol. The standard InChI is InChI=1S/C31H50O3/c1-26(2)15-17-31(25(33)34-8)18-16-29(6)20(21(31)19-26)9-10-23-28(5)13-12-24(32)27(3,4)22(28)11-14-30(23,29)7/h9,21-24,32H,10-19H2,1-8H3/t21-,22+,23-,24+,28+,29-,30-,31+/m1/s1. The van der Waals surface area contributed by atoms with Crippen molar-refractivity contribution in [3.05, 3.63) is 11.6 Å². The largest absolute Gasteiger partial charge is 0.469 e. The number of ether oxygens (including phenoxy) is 1. The van der Waals surface area contributed by atoms with Crippen LogP contribution in [0, 0.1) is 50.2 Å². The van der Waals surface area contributed by atoms with Crippen molar-refractivity contribution in [1.29, 1.82) is 0 Å². The molecule has 0 heterocycles. The van der Waals surface area contributed by atoms with Gasteiger partial charge in [0.05, 0.1) is 18.6 Å². The van der Waals surface area contributed by atoms with Crippen molar-refractivity contribution in [2.24, 2.45) is 50.2 Å². The molecule has 34 heavy (non-hydrogen) atoms. The summed E-state index contributed by atoms with van der Waals surface area (Å²) >= 11 is 0. The monoisotopic (exact) mass is 470 g/mol. The third-order valence-electron chi connectivity index (χ3n) is 13.2. The molecule has 0 amide bonds. The number of hydrogen-bond acceptors (Lipinski definition) is 3. The first-order valence-electron chi connectivity index (χ1n) is 14.2. The summed E-state index contributed by atoms with van der Waals surface area (Å²) in [6.07, 6.45) is 13.4. The number of rotatable bonds is 1. The minimum Gasteiger partial charge on any atom is -0.469 e. The third kappa shape index (κ3) is 2.94. The molecule has 0 aromatic heterocycles. The van der Waals surface area contributed by atoms with E-state index in [0.717, 1.165) is 51.4 Å². The van der Waals surface area contributed by atoms with Crippen LogP contribution in [0.2, 0.25) is 0 Å². The molecule has 0 radical (unpaired) electrons. The van der Waals surface area contributed by atoms with Gasteiger partial charge in [0.2, 0.25) is 0 Å². The van der Waals surface area contributed by atoms with Gasteiger partial charge < -0.3 is 9.84 Å². The second-order valence-corrected chi connectivity index (χ2v) is 15.2. The van der Waals surface area contributed by atoms with Crippen molar-refractivity contribution >= 4 is 5.97 Å². The first-order valence-corrected chi connectivity index (χ1v) is 14.2. The summed E-state index contributed by atoms with van der Waals surface area (Å²) in [5, 5.41) is 10.9. The van der Waals surface area contributed by atoms with E-state index in [1.807, 2.05) is 0 Å². The molecule has 192 valence electrons. The number of carbonyl (C=O) groups is 1. The molecule has 3 nitrogen and oxygen atoms in total. The van der Waals surface area contributed by atoms with Gasteiger partial charge in [0.15, 0.2) is 0 Å². The lowest BCUT2D eigenvalue weighted by Gasteiger charge is -2.71. The average Bonchev–Trinajstić information content (AvgIpc) is 2.76. The number of fused-ring (bicyclic) bond motifs is 7. The molecule has 3 heteroatoms. The first-order chi connectivity index (χ1) is 15.7. The Labute approximate surface area is 208 Å². The first kappa shape index (κ1) is 24.8.